The van der Waals surface area contributed by atoms with Crippen molar-refractivity contribution in [2.24, 2.45) is 0 Å². The summed E-state index contributed by atoms with van der Waals surface area (Å²) in [5.41, 5.74) is 4.10. The SMILES string of the molecule is CCCC12CC1(C)c1ccccc1C1CCC=CCN12. The van der Waals surface area contributed by atoms with E-state index in [0.717, 1.165) is 6.54 Å². The first-order chi connectivity index (χ1) is 9.73. The Morgan fingerprint density at radius 1 is 1.25 bits per heavy atom. The lowest BCUT2D eigenvalue weighted by Crippen LogP contribution is -2.48. The molecule has 0 aromatic heterocycles. The van der Waals surface area contributed by atoms with E-state index in [9.17, 15) is 0 Å². The van der Waals surface area contributed by atoms with Crippen LogP contribution in [0.3, 0.4) is 0 Å². The fourth-order valence-electron chi connectivity index (χ4n) is 5.16. The van der Waals surface area contributed by atoms with Gasteiger partial charge in [0.25, 0.3) is 0 Å². The molecule has 1 fully saturated rings. The monoisotopic (exact) mass is 267 g/mol. The second kappa shape index (κ2) is 4.21. The molecule has 0 saturated heterocycles. The molecule has 0 bridgehead atoms. The summed E-state index contributed by atoms with van der Waals surface area (Å²) in [4.78, 5) is 2.85. The van der Waals surface area contributed by atoms with E-state index < -0.39 is 0 Å². The molecule has 1 nitrogen and oxygen atoms in total. The molecule has 4 rings (SSSR count). The smallest absolute Gasteiger partial charge is 0.0363 e. The van der Waals surface area contributed by atoms with Crippen molar-refractivity contribution in [1.82, 2.24) is 4.90 Å². The Labute approximate surface area is 122 Å². The summed E-state index contributed by atoms with van der Waals surface area (Å²) >= 11 is 0. The van der Waals surface area contributed by atoms with Crippen LogP contribution in [0, 0.1) is 0 Å². The second-order valence-electron chi connectivity index (χ2n) is 7.09. The zero-order valence-electron chi connectivity index (χ0n) is 12.7. The molecule has 1 aromatic carbocycles. The topological polar surface area (TPSA) is 3.24 Å². The van der Waals surface area contributed by atoms with Crippen LogP contribution >= 0.6 is 0 Å². The van der Waals surface area contributed by atoms with Gasteiger partial charge in [0.2, 0.25) is 0 Å². The Hall–Kier alpha value is -1.08. The van der Waals surface area contributed by atoms with Crippen molar-refractivity contribution in [2.75, 3.05) is 6.54 Å². The number of hydrogen-bond donors (Lipinski definition) is 0. The maximum atomic E-state index is 2.85. The average Bonchev–Trinajstić information content (AvgIpc) is 3.14. The Bertz CT molecular complexity index is 561. The van der Waals surface area contributed by atoms with Gasteiger partial charge in [-0.25, -0.2) is 0 Å². The van der Waals surface area contributed by atoms with Gasteiger partial charge in [0.05, 0.1) is 0 Å². The van der Waals surface area contributed by atoms with Crippen LogP contribution in [0.1, 0.15) is 63.1 Å². The van der Waals surface area contributed by atoms with Crippen LogP contribution in [0.15, 0.2) is 36.4 Å². The van der Waals surface area contributed by atoms with Crippen molar-refractivity contribution < 1.29 is 0 Å². The average molecular weight is 267 g/mol. The maximum absolute atomic E-state index is 2.85. The van der Waals surface area contributed by atoms with Gasteiger partial charge in [-0.3, -0.25) is 4.90 Å². The molecule has 0 spiro atoms. The quantitative estimate of drug-likeness (QED) is 0.708. The highest BCUT2D eigenvalue weighted by Crippen LogP contribution is 2.69. The third kappa shape index (κ3) is 1.42. The predicted molar refractivity (Wildman–Crippen MR) is 83.9 cm³/mol. The molecule has 2 aliphatic heterocycles. The predicted octanol–water partition coefficient (Wildman–Crippen LogP) is 4.59. The van der Waals surface area contributed by atoms with Crippen LogP contribution in [0.25, 0.3) is 0 Å². The molecule has 2 heterocycles. The number of nitrogens with zero attached hydrogens (tertiary/aromatic N) is 1. The molecular weight excluding hydrogens is 242 g/mol. The molecule has 3 unspecified atom stereocenters. The molecule has 3 aliphatic rings. The maximum Gasteiger partial charge on any atom is 0.0363 e. The van der Waals surface area contributed by atoms with Gasteiger partial charge in [0.15, 0.2) is 0 Å². The largest absolute Gasteiger partial charge is 0.286 e. The summed E-state index contributed by atoms with van der Waals surface area (Å²) in [5, 5.41) is 0. The van der Waals surface area contributed by atoms with Gasteiger partial charge in [-0.05, 0) is 36.8 Å². The fourth-order valence-corrected chi connectivity index (χ4v) is 5.16. The molecule has 0 radical (unpaired) electrons. The van der Waals surface area contributed by atoms with Crippen LogP contribution in [0.2, 0.25) is 0 Å². The Morgan fingerprint density at radius 3 is 2.95 bits per heavy atom. The molecule has 0 amide bonds. The lowest BCUT2D eigenvalue weighted by atomic mass is 9.78. The van der Waals surface area contributed by atoms with Crippen LogP contribution in [-0.4, -0.2) is 17.0 Å². The van der Waals surface area contributed by atoms with Gasteiger partial charge in [-0.15, -0.1) is 0 Å². The molecular formula is C19H25N. The van der Waals surface area contributed by atoms with E-state index in [0.29, 0.717) is 17.0 Å². The van der Waals surface area contributed by atoms with E-state index in [1.54, 1.807) is 11.1 Å². The van der Waals surface area contributed by atoms with Gasteiger partial charge < -0.3 is 0 Å². The summed E-state index contributed by atoms with van der Waals surface area (Å²) in [7, 11) is 0. The minimum atomic E-state index is 0.397. The zero-order chi connectivity index (χ0) is 13.8. The summed E-state index contributed by atoms with van der Waals surface area (Å²) in [6.07, 6.45) is 11.3. The van der Waals surface area contributed by atoms with E-state index in [4.69, 9.17) is 0 Å². The lowest BCUT2D eigenvalue weighted by Gasteiger charge is -2.46. The second-order valence-corrected chi connectivity index (χ2v) is 7.09. The highest BCUT2D eigenvalue weighted by Gasteiger charge is 2.70. The molecule has 1 aliphatic carbocycles. The summed E-state index contributed by atoms with van der Waals surface area (Å²) in [5.74, 6) is 0. The first kappa shape index (κ1) is 12.6. The Balaban J connectivity index is 1.87. The highest BCUT2D eigenvalue weighted by molar-refractivity contribution is 5.51. The third-order valence-corrected chi connectivity index (χ3v) is 6.13. The van der Waals surface area contributed by atoms with Crippen molar-refractivity contribution in [3.63, 3.8) is 0 Å². The van der Waals surface area contributed by atoms with E-state index in [-0.39, 0.29) is 0 Å². The van der Waals surface area contributed by atoms with Gasteiger partial charge in [0.1, 0.15) is 0 Å². The van der Waals surface area contributed by atoms with Crippen molar-refractivity contribution >= 4 is 0 Å². The van der Waals surface area contributed by atoms with E-state index >= 15 is 0 Å². The third-order valence-electron chi connectivity index (χ3n) is 6.13. The van der Waals surface area contributed by atoms with E-state index in [1.165, 1.54) is 32.1 Å². The molecule has 1 saturated carbocycles. The fraction of sp³-hybridized carbons (Fsp3) is 0.579. The lowest BCUT2D eigenvalue weighted by molar-refractivity contribution is 0.0899. The first-order valence-electron chi connectivity index (χ1n) is 8.24. The number of hydrogen-bond acceptors (Lipinski definition) is 1. The van der Waals surface area contributed by atoms with Crippen LogP contribution in [0.4, 0.5) is 0 Å². The number of allylic oxidation sites excluding steroid dienone is 1. The molecule has 0 N–H and O–H groups in total. The van der Waals surface area contributed by atoms with Crippen LogP contribution in [-0.2, 0) is 5.41 Å². The summed E-state index contributed by atoms with van der Waals surface area (Å²) in [6, 6.07) is 9.90. The summed E-state index contributed by atoms with van der Waals surface area (Å²) in [6.45, 7) is 6.00. The number of benzene rings is 1. The van der Waals surface area contributed by atoms with Crippen molar-refractivity contribution in [3.05, 3.63) is 47.5 Å². The minimum Gasteiger partial charge on any atom is -0.286 e. The van der Waals surface area contributed by atoms with Crippen molar-refractivity contribution in [2.45, 2.75) is 62.9 Å². The van der Waals surface area contributed by atoms with Gasteiger partial charge in [0, 0.05) is 23.5 Å². The Kier molecular flexibility index (Phi) is 2.66. The first-order valence-corrected chi connectivity index (χ1v) is 8.24. The van der Waals surface area contributed by atoms with Crippen molar-refractivity contribution in [3.8, 4) is 0 Å². The molecule has 20 heavy (non-hydrogen) atoms. The molecule has 1 aromatic rings. The highest BCUT2D eigenvalue weighted by atomic mass is 15.3. The zero-order valence-corrected chi connectivity index (χ0v) is 12.7. The van der Waals surface area contributed by atoms with Gasteiger partial charge >= 0.3 is 0 Å². The van der Waals surface area contributed by atoms with Crippen LogP contribution < -0.4 is 0 Å². The molecule has 1 heteroatoms. The van der Waals surface area contributed by atoms with Gasteiger partial charge in [-0.2, -0.15) is 0 Å². The molecule has 3 atom stereocenters. The normalized spacial score (nSPS) is 38.6. The molecule has 106 valence electrons. The standard InChI is InChI=1S/C19H25N/c1-3-12-19-14-18(19,2)16-10-7-6-9-15(16)17-11-5-4-8-13-20(17)19/h4,6-10,17H,3,5,11-14H2,1-2H3. The summed E-state index contributed by atoms with van der Waals surface area (Å²) < 4.78 is 0. The Morgan fingerprint density at radius 2 is 2.10 bits per heavy atom. The van der Waals surface area contributed by atoms with Gasteiger partial charge in [-0.1, -0.05) is 56.7 Å². The number of fused-ring (bicyclic) bond motifs is 6. The van der Waals surface area contributed by atoms with Crippen molar-refractivity contribution in [1.29, 1.82) is 0 Å². The van der Waals surface area contributed by atoms with E-state index in [2.05, 4.69) is 55.2 Å². The van der Waals surface area contributed by atoms with Crippen LogP contribution in [0.5, 0.6) is 0 Å². The minimum absolute atomic E-state index is 0.397. The van der Waals surface area contributed by atoms with E-state index in [1.807, 2.05) is 0 Å². The number of rotatable bonds is 2.